The van der Waals surface area contributed by atoms with Crippen LogP contribution < -0.4 is 5.73 Å². The van der Waals surface area contributed by atoms with Gasteiger partial charge in [0.05, 0.1) is 17.5 Å². The molecule has 7 atom stereocenters. The number of aliphatic hydroxyl groups excluding tert-OH is 1. The number of aromatic hydroxyl groups is 1. The van der Waals surface area contributed by atoms with E-state index in [4.69, 9.17) is 5.73 Å². The molecule has 1 saturated heterocycles. The summed E-state index contributed by atoms with van der Waals surface area (Å²) in [6.45, 7) is 4.74. The van der Waals surface area contributed by atoms with Gasteiger partial charge in [-0.05, 0) is 81.9 Å². The highest BCUT2D eigenvalue weighted by molar-refractivity contribution is 6.18. The van der Waals surface area contributed by atoms with Crippen molar-refractivity contribution < 1.29 is 34.5 Å². The fourth-order valence-electron chi connectivity index (χ4n) is 7.47. The van der Waals surface area contributed by atoms with Crippen molar-refractivity contribution in [3.05, 3.63) is 28.8 Å². The lowest BCUT2D eigenvalue weighted by molar-refractivity contribution is -0.203. The number of ketones is 3. The largest absolute Gasteiger partial charge is 0.507 e. The van der Waals surface area contributed by atoms with E-state index < -0.39 is 64.7 Å². The second-order valence-electron chi connectivity index (χ2n) is 12.0. The third-order valence-corrected chi connectivity index (χ3v) is 9.53. The third-order valence-electron chi connectivity index (χ3n) is 9.53. The lowest BCUT2D eigenvalue weighted by atomic mass is 9.51. The molecule has 0 radical (unpaired) electrons. The number of amides is 1. The number of piperidine rings is 1. The molecule has 0 bridgehead atoms. The van der Waals surface area contributed by atoms with E-state index in [1.165, 1.54) is 11.0 Å². The van der Waals surface area contributed by atoms with Crippen molar-refractivity contribution in [3.8, 4) is 5.75 Å². The van der Waals surface area contributed by atoms with Gasteiger partial charge in [0.2, 0.25) is 5.91 Å². The van der Waals surface area contributed by atoms with Gasteiger partial charge in [-0.25, -0.2) is 0 Å². The maximum absolute atomic E-state index is 13.9. The van der Waals surface area contributed by atoms with Gasteiger partial charge in [0, 0.05) is 12.5 Å². The summed E-state index contributed by atoms with van der Waals surface area (Å²) in [6.07, 6.45) is 0.561. The van der Waals surface area contributed by atoms with Gasteiger partial charge in [0.15, 0.2) is 23.0 Å². The molecule has 5 rings (SSSR count). The van der Waals surface area contributed by atoms with Crippen molar-refractivity contribution in [3.63, 3.8) is 0 Å². The van der Waals surface area contributed by atoms with Crippen LogP contribution in [0, 0.1) is 29.6 Å². The van der Waals surface area contributed by atoms with E-state index >= 15 is 0 Å². The molecule has 1 heterocycles. The molecule has 0 spiro atoms. The number of phenols is 1. The lowest BCUT2D eigenvalue weighted by Crippen LogP contribution is -2.75. The maximum atomic E-state index is 13.9. The van der Waals surface area contributed by atoms with E-state index in [0.29, 0.717) is 24.4 Å². The molecule has 2 saturated carbocycles. The number of phenolic OH excluding ortho intramolecular Hbond substituents is 1. The molecule has 0 aromatic heterocycles. The fraction of sp³-hybridized carbons (Fsp3) is 0.643. The van der Waals surface area contributed by atoms with Crippen molar-refractivity contribution in [1.29, 1.82) is 0 Å². The number of aliphatic hydroxyl groups is 2. The molecule has 5 N–H and O–H groups in total. The Labute approximate surface area is 221 Å². The molecule has 4 aliphatic rings. The molecular formula is C28H37N3O7. The Hall–Kier alpha value is -2.66. The topological polar surface area (TPSA) is 161 Å². The van der Waals surface area contributed by atoms with Crippen molar-refractivity contribution >= 4 is 23.3 Å². The number of likely N-dealkylation sites (tertiary alicyclic amines) is 1. The molecule has 38 heavy (non-hydrogen) atoms. The number of likely N-dealkylation sites (N-methyl/N-ethyl adjacent to an activating group) is 1. The number of nitrogens with two attached hydrogens (primary N) is 1. The van der Waals surface area contributed by atoms with E-state index in [9.17, 15) is 34.5 Å². The van der Waals surface area contributed by atoms with Crippen LogP contribution in [0.1, 0.15) is 47.7 Å². The summed E-state index contributed by atoms with van der Waals surface area (Å²) < 4.78 is 0. The Balaban J connectivity index is 1.55. The standard InChI is InChI=1S/C28H37N3O7/c1-13-6-8-31(9-7-13)12-14-4-5-18(32)20-16(14)10-15-11-17-22(30(2)3)24(34)21(27(29)37)26(36)28(17,38)25(35)19(15)23(20)33/h4-5,13,15,17,19,21-22,26,32,36,38H,6-12H2,1-3H3,(H2,29,37)/t15-,17-,19?,21?,22-,26?,28-/m0/s1. The summed E-state index contributed by atoms with van der Waals surface area (Å²) in [4.78, 5) is 57.0. The van der Waals surface area contributed by atoms with E-state index in [2.05, 4.69) is 11.8 Å². The quantitative estimate of drug-likeness (QED) is 0.392. The van der Waals surface area contributed by atoms with E-state index in [1.54, 1.807) is 14.1 Å². The highest BCUT2D eigenvalue weighted by Crippen LogP contribution is 2.52. The van der Waals surface area contributed by atoms with Gasteiger partial charge in [-0.3, -0.25) is 29.0 Å². The number of carbonyl (C=O) groups is 4. The summed E-state index contributed by atoms with van der Waals surface area (Å²) in [6, 6.07) is 2.26. The highest BCUT2D eigenvalue weighted by Gasteiger charge is 2.69. The first-order valence-corrected chi connectivity index (χ1v) is 13.4. The monoisotopic (exact) mass is 527 g/mol. The summed E-state index contributed by atoms with van der Waals surface area (Å²) in [5.41, 5.74) is 4.62. The molecule has 3 fully saturated rings. The Morgan fingerprint density at radius 1 is 1.18 bits per heavy atom. The minimum Gasteiger partial charge on any atom is -0.507 e. The Morgan fingerprint density at radius 3 is 2.45 bits per heavy atom. The number of benzene rings is 1. The summed E-state index contributed by atoms with van der Waals surface area (Å²) in [5, 5.41) is 33.5. The minimum absolute atomic E-state index is 0.0847. The number of hydrogen-bond donors (Lipinski definition) is 4. The van der Waals surface area contributed by atoms with Crippen LogP contribution in [-0.4, -0.2) is 93.3 Å². The number of carbonyl (C=O) groups excluding carboxylic acids is 4. The zero-order valence-electron chi connectivity index (χ0n) is 22.1. The summed E-state index contributed by atoms with van der Waals surface area (Å²) >= 11 is 0. The van der Waals surface area contributed by atoms with Gasteiger partial charge in [0.25, 0.3) is 0 Å². The molecule has 1 aromatic rings. The minimum atomic E-state index is -2.51. The Kier molecular flexibility index (Phi) is 6.74. The molecule has 1 aromatic carbocycles. The molecule has 1 aliphatic heterocycles. The predicted molar refractivity (Wildman–Crippen MR) is 136 cm³/mol. The van der Waals surface area contributed by atoms with Crippen molar-refractivity contribution in [2.75, 3.05) is 27.2 Å². The average molecular weight is 528 g/mol. The van der Waals surface area contributed by atoms with Crippen LogP contribution in [0.15, 0.2) is 12.1 Å². The van der Waals surface area contributed by atoms with Crippen molar-refractivity contribution in [1.82, 2.24) is 9.80 Å². The van der Waals surface area contributed by atoms with Gasteiger partial charge >= 0.3 is 0 Å². The molecule has 10 nitrogen and oxygen atoms in total. The summed E-state index contributed by atoms with van der Waals surface area (Å²) in [7, 11) is 3.21. The zero-order valence-corrected chi connectivity index (χ0v) is 22.1. The Morgan fingerprint density at radius 2 is 1.84 bits per heavy atom. The van der Waals surface area contributed by atoms with Crippen LogP contribution >= 0.6 is 0 Å². The SMILES string of the molecule is CC1CCN(Cc2ccc(O)c3c2C[C@H]2C[C@H]4[C@H](N(C)C)C(=O)C(C(N)=O)C(O)[C@@]4(O)C(=O)C2C3=O)CC1. The van der Waals surface area contributed by atoms with Crippen LogP contribution in [0.5, 0.6) is 5.75 Å². The van der Waals surface area contributed by atoms with Gasteiger partial charge in [0.1, 0.15) is 17.8 Å². The molecule has 206 valence electrons. The van der Waals surface area contributed by atoms with Gasteiger partial charge < -0.3 is 21.1 Å². The number of fused-ring (bicyclic) bond motifs is 3. The van der Waals surface area contributed by atoms with E-state index in [-0.39, 0.29) is 17.7 Å². The fourth-order valence-corrected chi connectivity index (χ4v) is 7.47. The van der Waals surface area contributed by atoms with Gasteiger partial charge in [-0.1, -0.05) is 13.0 Å². The predicted octanol–water partition coefficient (Wildman–Crippen LogP) is -0.109. The smallest absolute Gasteiger partial charge is 0.230 e. The highest BCUT2D eigenvalue weighted by atomic mass is 16.4. The second-order valence-corrected chi connectivity index (χ2v) is 12.0. The van der Waals surface area contributed by atoms with Crippen LogP contribution in [0.25, 0.3) is 0 Å². The first kappa shape index (κ1) is 26.9. The number of hydrogen-bond acceptors (Lipinski definition) is 9. The molecule has 3 unspecified atom stereocenters. The zero-order chi connectivity index (χ0) is 27.7. The number of primary amides is 1. The van der Waals surface area contributed by atoms with Gasteiger partial charge in [-0.15, -0.1) is 0 Å². The van der Waals surface area contributed by atoms with Crippen LogP contribution in [-0.2, 0) is 27.3 Å². The Bertz CT molecular complexity index is 1190. The van der Waals surface area contributed by atoms with Crippen molar-refractivity contribution in [2.45, 2.75) is 56.9 Å². The maximum Gasteiger partial charge on any atom is 0.230 e. The number of Topliss-reactive ketones (excluding diaryl/α,β-unsaturated/α-hetero) is 3. The van der Waals surface area contributed by atoms with E-state index in [0.717, 1.165) is 31.5 Å². The molecule has 3 aliphatic carbocycles. The molecule has 10 heteroatoms. The summed E-state index contributed by atoms with van der Waals surface area (Å²) in [5.74, 6) is -7.47. The van der Waals surface area contributed by atoms with Crippen molar-refractivity contribution in [2.24, 2.45) is 35.3 Å². The average Bonchev–Trinajstić information content (AvgIpc) is 2.84. The number of rotatable bonds is 4. The molecular weight excluding hydrogens is 490 g/mol. The lowest BCUT2D eigenvalue weighted by Gasteiger charge is -2.55. The van der Waals surface area contributed by atoms with Crippen LogP contribution in [0.2, 0.25) is 0 Å². The number of nitrogens with zero attached hydrogens (tertiary/aromatic N) is 2. The molecule has 1 amide bonds. The second kappa shape index (κ2) is 9.51. The first-order valence-electron chi connectivity index (χ1n) is 13.4. The van der Waals surface area contributed by atoms with E-state index in [1.807, 2.05) is 6.07 Å². The first-order chi connectivity index (χ1) is 17.9. The van der Waals surface area contributed by atoms with Crippen LogP contribution in [0.4, 0.5) is 0 Å². The normalized spacial score (nSPS) is 36.1. The van der Waals surface area contributed by atoms with Gasteiger partial charge in [-0.2, -0.15) is 0 Å². The third kappa shape index (κ3) is 3.92. The van der Waals surface area contributed by atoms with Crippen LogP contribution in [0.3, 0.4) is 0 Å².